The molecule has 0 aliphatic carbocycles. The van der Waals surface area contributed by atoms with E-state index in [2.05, 4.69) is 14.8 Å². The van der Waals surface area contributed by atoms with Crippen molar-refractivity contribution in [3.63, 3.8) is 0 Å². The first-order chi connectivity index (χ1) is 9.04. The van der Waals surface area contributed by atoms with Gasteiger partial charge in [0.1, 0.15) is 0 Å². The summed E-state index contributed by atoms with van der Waals surface area (Å²) >= 11 is 0. The van der Waals surface area contributed by atoms with Crippen LogP contribution in [0.3, 0.4) is 0 Å². The summed E-state index contributed by atoms with van der Waals surface area (Å²) in [5, 5.41) is 3.08. The molecule has 0 bridgehead atoms. The standard InChI is InChI=1S/C12H16N2O4S/c1-18-12(15)10-4-2-3-5-11(10)19(16,17)14-9-6-7-13-8-9/h2-5,9,13-14H,6-8H2,1H3/t9-/m1/s1. The second kappa shape index (κ2) is 5.68. The van der Waals surface area contributed by atoms with Crippen molar-refractivity contribution in [3.05, 3.63) is 29.8 Å². The van der Waals surface area contributed by atoms with Crippen LogP contribution in [0, 0.1) is 0 Å². The lowest BCUT2D eigenvalue weighted by molar-refractivity contribution is 0.0596. The van der Waals surface area contributed by atoms with Crippen LogP contribution in [0.15, 0.2) is 29.2 Å². The lowest BCUT2D eigenvalue weighted by atomic mass is 10.2. The Morgan fingerprint density at radius 1 is 1.42 bits per heavy atom. The van der Waals surface area contributed by atoms with E-state index in [1.807, 2.05) is 0 Å². The van der Waals surface area contributed by atoms with E-state index in [-0.39, 0.29) is 16.5 Å². The molecule has 0 unspecified atom stereocenters. The molecule has 0 spiro atoms. The zero-order valence-electron chi connectivity index (χ0n) is 10.5. The number of hydrogen-bond acceptors (Lipinski definition) is 5. The Hall–Kier alpha value is -1.44. The van der Waals surface area contributed by atoms with E-state index in [1.54, 1.807) is 12.1 Å². The Bertz CT molecular complexity index is 565. The second-order valence-electron chi connectivity index (χ2n) is 4.30. The summed E-state index contributed by atoms with van der Waals surface area (Å²) in [4.78, 5) is 11.5. The van der Waals surface area contributed by atoms with Crippen LogP contribution in [0.1, 0.15) is 16.8 Å². The van der Waals surface area contributed by atoms with Gasteiger partial charge in [0, 0.05) is 12.6 Å². The van der Waals surface area contributed by atoms with E-state index in [1.165, 1.54) is 19.2 Å². The average Bonchev–Trinajstić information content (AvgIpc) is 2.90. The minimum atomic E-state index is -3.72. The number of hydrogen-bond donors (Lipinski definition) is 2. The van der Waals surface area contributed by atoms with Crippen LogP contribution in [0.4, 0.5) is 0 Å². The summed E-state index contributed by atoms with van der Waals surface area (Å²) < 4.78 is 31.8. The number of esters is 1. The summed E-state index contributed by atoms with van der Waals surface area (Å²) in [5.41, 5.74) is 0.0449. The van der Waals surface area contributed by atoms with Crippen molar-refractivity contribution in [2.24, 2.45) is 0 Å². The van der Waals surface area contributed by atoms with Gasteiger partial charge in [-0.25, -0.2) is 17.9 Å². The normalized spacial score (nSPS) is 19.3. The highest BCUT2D eigenvalue weighted by Gasteiger charge is 2.26. The molecule has 2 N–H and O–H groups in total. The van der Waals surface area contributed by atoms with Crippen LogP contribution in [0.25, 0.3) is 0 Å². The van der Waals surface area contributed by atoms with E-state index in [0.717, 1.165) is 13.0 Å². The minimum Gasteiger partial charge on any atom is -0.465 e. The van der Waals surface area contributed by atoms with Gasteiger partial charge in [0.05, 0.1) is 17.6 Å². The van der Waals surface area contributed by atoms with Crippen molar-refractivity contribution in [2.75, 3.05) is 20.2 Å². The summed E-state index contributed by atoms with van der Waals surface area (Å²) in [6, 6.07) is 5.87. The van der Waals surface area contributed by atoms with Crippen molar-refractivity contribution >= 4 is 16.0 Å². The second-order valence-corrected chi connectivity index (χ2v) is 5.98. The van der Waals surface area contributed by atoms with Gasteiger partial charge in [-0.1, -0.05) is 12.1 Å². The topological polar surface area (TPSA) is 84.5 Å². The highest BCUT2D eigenvalue weighted by molar-refractivity contribution is 7.89. The van der Waals surface area contributed by atoms with Crippen molar-refractivity contribution in [1.29, 1.82) is 0 Å². The maximum atomic E-state index is 12.3. The predicted molar refractivity (Wildman–Crippen MR) is 69.4 cm³/mol. The van der Waals surface area contributed by atoms with E-state index in [0.29, 0.717) is 6.54 Å². The molecule has 1 heterocycles. The van der Waals surface area contributed by atoms with Gasteiger partial charge in [0.25, 0.3) is 0 Å². The van der Waals surface area contributed by atoms with Crippen LogP contribution >= 0.6 is 0 Å². The molecular weight excluding hydrogens is 268 g/mol. The number of rotatable bonds is 4. The minimum absolute atomic E-state index is 0.0449. The van der Waals surface area contributed by atoms with Gasteiger partial charge in [0.15, 0.2) is 0 Å². The summed E-state index contributed by atoms with van der Waals surface area (Å²) in [7, 11) is -2.50. The molecular formula is C12H16N2O4S. The van der Waals surface area contributed by atoms with E-state index in [9.17, 15) is 13.2 Å². The SMILES string of the molecule is COC(=O)c1ccccc1S(=O)(=O)N[C@@H]1CCNC1. The van der Waals surface area contributed by atoms with Crippen LogP contribution in [-0.2, 0) is 14.8 Å². The predicted octanol–water partition coefficient (Wildman–Crippen LogP) is 0.113. The fraction of sp³-hybridized carbons (Fsp3) is 0.417. The lowest BCUT2D eigenvalue weighted by Crippen LogP contribution is -2.36. The van der Waals surface area contributed by atoms with Gasteiger partial charge in [0.2, 0.25) is 10.0 Å². The van der Waals surface area contributed by atoms with E-state index < -0.39 is 16.0 Å². The summed E-state index contributed by atoms with van der Waals surface area (Å²) in [6.45, 7) is 1.38. The number of ether oxygens (including phenoxy) is 1. The molecule has 1 aliphatic heterocycles. The number of carbonyl (C=O) groups excluding carboxylic acids is 1. The Labute approximate surface area is 112 Å². The first kappa shape index (κ1) is 14.0. The van der Waals surface area contributed by atoms with E-state index >= 15 is 0 Å². The number of nitrogens with one attached hydrogen (secondary N) is 2. The molecule has 1 aliphatic rings. The molecule has 19 heavy (non-hydrogen) atoms. The molecule has 0 aromatic heterocycles. The largest absolute Gasteiger partial charge is 0.465 e. The average molecular weight is 284 g/mol. The van der Waals surface area contributed by atoms with Crippen LogP contribution in [-0.4, -0.2) is 40.6 Å². The van der Waals surface area contributed by atoms with E-state index in [4.69, 9.17) is 0 Å². The van der Waals surface area contributed by atoms with Gasteiger partial charge >= 0.3 is 5.97 Å². The van der Waals surface area contributed by atoms with Gasteiger partial charge < -0.3 is 10.1 Å². The molecule has 7 heteroatoms. The highest BCUT2D eigenvalue weighted by atomic mass is 32.2. The molecule has 6 nitrogen and oxygen atoms in total. The smallest absolute Gasteiger partial charge is 0.339 e. The first-order valence-electron chi connectivity index (χ1n) is 5.95. The van der Waals surface area contributed by atoms with Crippen LogP contribution < -0.4 is 10.0 Å². The Morgan fingerprint density at radius 2 is 2.16 bits per heavy atom. The molecule has 1 aromatic rings. The molecule has 104 valence electrons. The zero-order chi connectivity index (χ0) is 13.9. The molecule has 0 radical (unpaired) electrons. The first-order valence-corrected chi connectivity index (χ1v) is 7.43. The third-order valence-electron chi connectivity index (χ3n) is 2.96. The fourth-order valence-electron chi connectivity index (χ4n) is 2.02. The molecule has 1 aromatic carbocycles. The quantitative estimate of drug-likeness (QED) is 0.767. The third kappa shape index (κ3) is 3.12. The van der Waals surface area contributed by atoms with Crippen LogP contribution in [0.5, 0.6) is 0 Å². The van der Waals surface area contributed by atoms with Gasteiger partial charge in [-0.15, -0.1) is 0 Å². The van der Waals surface area contributed by atoms with Gasteiger partial charge in [-0.05, 0) is 25.1 Å². The fourth-order valence-corrected chi connectivity index (χ4v) is 3.48. The number of benzene rings is 1. The summed E-state index contributed by atoms with van der Waals surface area (Å²) in [6.07, 6.45) is 0.736. The van der Waals surface area contributed by atoms with Crippen molar-refractivity contribution in [3.8, 4) is 0 Å². The maximum absolute atomic E-state index is 12.3. The Morgan fingerprint density at radius 3 is 2.79 bits per heavy atom. The Kier molecular flexibility index (Phi) is 4.18. The Balaban J connectivity index is 2.31. The number of methoxy groups -OCH3 is 1. The monoisotopic (exact) mass is 284 g/mol. The molecule has 1 saturated heterocycles. The maximum Gasteiger partial charge on any atom is 0.339 e. The lowest BCUT2D eigenvalue weighted by Gasteiger charge is -2.14. The third-order valence-corrected chi connectivity index (χ3v) is 4.54. The molecule has 1 atom stereocenters. The van der Waals surface area contributed by atoms with Crippen molar-refractivity contribution in [2.45, 2.75) is 17.4 Å². The van der Waals surface area contributed by atoms with Gasteiger partial charge in [-0.3, -0.25) is 0 Å². The van der Waals surface area contributed by atoms with Crippen molar-refractivity contribution < 1.29 is 17.9 Å². The van der Waals surface area contributed by atoms with Crippen molar-refractivity contribution in [1.82, 2.24) is 10.0 Å². The molecule has 0 amide bonds. The number of carbonyl (C=O) groups is 1. The van der Waals surface area contributed by atoms with Crippen LogP contribution in [0.2, 0.25) is 0 Å². The highest BCUT2D eigenvalue weighted by Crippen LogP contribution is 2.17. The zero-order valence-corrected chi connectivity index (χ0v) is 11.4. The molecule has 2 rings (SSSR count). The number of sulfonamides is 1. The van der Waals surface area contributed by atoms with Gasteiger partial charge in [-0.2, -0.15) is 0 Å². The summed E-state index contributed by atoms with van der Waals surface area (Å²) in [5.74, 6) is -0.662. The molecule has 0 saturated carbocycles. The molecule has 1 fully saturated rings.